The fraction of sp³-hybridized carbons (Fsp3) is 0. The summed E-state index contributed by atoms with van der Waals surface area (Å²) in [7, 11) is 0. The summed E-state index contributed by atoms with van der Waals surface area (Å²) < 4.78 is 0. The minimum absolute atomic E-state index is 0.0400. The molecule has 0 heterocycles. The second-order valence-corrected chi connectivity index (χ2v) is 3.99. The molecule has 102 valence electrons. The fourth-order valence-electron chi connectivity index (χ4n) is 1.72. The maximum atomic E-state index is 9.24. The van der Waals surface area contributed by atoms with Gasteiger partial charge in [0.1, 0.15) is 22.9 Å². The first-order chi connectivity index (χ1) is 9.65. The molecule has 0 atom stereocenters. The zero-order valence-corrected chi connectivity index (χ0v) is 10.3. The summed E-state index contributed by atoms with van der Waals surface area (Å²) in [5, 5.41) is 43.1. The van der Waals surface area contributed by atoms with E-state index in [9.17, 15) is 10.2 Å². The van der Waals surface area contributed by atoms with Crippen LogP contribution in [0.2, 0.25) is 0 Å². The number of oxime groups is 2. The SMILES string of the molecule is O/N=C(/C(=N/O)c1ccc(O)cc1)c1ccc(O)cc1. The third kappa shape index (κ3) is 2.69. The lowest BCUT2D eigenvalue weighted by Crippen LogP contribution is -2.17. The Morgan fingerprint density at radius 1 is 0.600 bits per heavy atom. The van der Waals surface area contributed by atoms with Crippen LogP contribution in [-0.2, 0) is 0 Å². The maximum absolute atomic E-state index is 9.24. The summed E-state index contributed by atoms with van der Waals surface area (Å²) >= 11 is 0. The van der Waals surface area contributed by atoms with Crippen LogP contribution in [0.5, 0.6) is 11.5 Å². The average molecular weight is 272 g/mol. The van der Waals surface area contributed by atoms with Crippen molar-refractivity contribution >= 4 is 11.4 Å². The van der Waals surface area contributed by atoms with Crippen molar-refractivity contribution in [1.29, 1.82) is 0 Å². The molecule has 0 aromatic heterocycles. The van der Waals surface area contributed by atoms with Crippen LogP contribution >= 0.6 is 0 Å². The fourth-order valence-corrected chi connectivity index (χ4v) is 1.72. The summed E-state index contributed by atoms with van der Waals surface area (Å²) in [4.78, 5) is 0. The molecule has 0 radical (unpaired) electrons. The van der Waals surface area contributed by atoms with Crippen LogP contribution in [0.3, 0.4) is 0 Å². The molecule has 0 bridgehead atoms. The molecule has 0 aliphatic heterocycles. The Morgan fingerprint density at radius 3 is 1.15 bits per heavy atom. The van der Waals surface area contributed by atoms with Gasteiger partial charge in [0.25, 0.3) is 0 Å². The quantitative estimate of drug-likeness (QED) is 0.390. The standard InChI is InChI=1S/C14H12N2O4/c17-11-5-1-9(2-6-11)13(15-19)14(16-20)10-3-7-12(18)8-4-10/h1-8,17-20H/b15-13+,16-14+. The number of phenols is 2. The van der Waals surface area contributed by atoms with E-state index in [0.29, 0.717) is 11.1 Å². The van der Waals surface area contributed by atoms with Crippen LogP contribution in [0.15, 0.2) is 58.8 Å². The smallest absolute Gasteiger partial charge is 0.139 e. The molecule has 0 aliphatic rings. The van der Waals surface area contributed by atoms with Gasteiger partial charge in [0, 0.05) is 11.1 Å². The van der Waals surface area contributed by atoms with Crippen molar-refractivity contribution in [3.8, 4) is 11.5 Å². The van der Waals surface area contributed by atoms with Gasteiger partial charge < -0.3 is 20.6 Å². The van der Waals surface area contributed by atoms with Crippen LogP contribution < -0.4 is 0 Å². The molecule has 0 fully saturated rings. The molecule has 0 saturated carbocycles. The lowest BCUT2D eigenvalue weighted by atomic mass is 10.00. The Balaban J connectivity index is 2.44. The number of hydrogen-bond acceptors (Lipinski definition) is 6. The molecule has 20 heavy (non-hydrogen) atoms. The van der Waals surface area contributed by atoms with E-state index in [0.717, 1.165) is 0 Å². The number of phenolic OH excluding ortho intramolecular Hbond substituents is 2. The lowest BCUT2D eigenvalue weighted by molar-refractivity contribution is 0.314. The molecule has 2 aromatic rings. The summed E-state index contributed by atoms with van der Waals surface area (Å²) in [6.07, 6.45) is 0. The van der Waals surface area contributed by atoms with E-state index < -0.39 is 0 Å². The van der Waals surface area contributed by atoms with Gasteiger partial charge in [-0.3, -0.25) is 0 Å². The molecule has 0 aliphatic carbocycles. The number of benzene rings is 2. The van der Waals surface area contributed by atoms with Gasteiger partial charge in [-0.1, -0.05) is 10.3 Å². The maximum Gasteiger partial charge on any atom is 0.139 e. The highest BCUT2D eigenvalue weighted by atomic mass is 16.4. The molecule has 6 nitrogen and oxygen atoms in total. The predicted octanol–water partition coefficient (Wildman–Crippen LogP) is 2.15. The molecular formula is C14H12N2O4. The first kappa shape index (κ1) is 13.4. The van der Waals surface area contributed by atoms with Crippen molar-refractivity contribution in [2.24, 2.45) is 10.3 Å². The lowest BCUT2D eigenvalue weighted by Gasteiger charge is -2.07. The Labute approximate surface area is 114 Å². The first-order valence-electron chi connectivity index (χ1n) is 5.69. The normalized spacial score (nSPS) is 12.4. The number of rotatable bonds is 3. The molecule has 0 saturated heterocycles. The minimum Gasteiger partial charge on any atom is -0.508 e. The molecule has 4 N–H and O–H groups in total. The summed E-state index contributed by atoms with van der Waals surface area (Å²) in [6, 6.07) is 11.8. The van der Waals surface area contributed by atoms with Crippen LogP contribution in [-0.4, -0.2) is 32.1 Å². The van der Waals surface area contributed by atoms with E-state index >= 15 is 0 Å². The highest BCUT2D eigenvalue weighted by molar-refractivity contribution is 6.53. The summed E-state index contributed by atoms with van der Waals surface area (Å²) in [5.41, 5.74) is 1.01. The van der Waals surface area contributed by atoms with Gasteiger partial charge in [-0.05, 0) is 48.5 Å². The van der Waals surface area contributed by atoms with Crippen LogP contribution in [0.4, 0.5) is 0 Å². The van der Waals surface area contributed by atoms with Crippen LogP contribution in [0.25, 0.3) is 0 Å². The Kier molecular flexibility index (Phi) is 3.85. The average Bonchev–Trinajstić information content (AvgIpc) is 2.47. The van der Waals surface area contributed by atoms with Crippen molar-refractivity contribution in [2.75, 3.05) is 0 Å². The Bertz CT molecular complexity index is 586. The molecule has 2 rings (SSSR count). The van der Waals surface area contributed by atoms with Gasteiger partial charge in [-0.2, -0.15) is 0 Å². The van der Waals surface area contributed by atoms with E-state index in [1.165, 1.54) is 48.5 Å². The molecule has 0 amide bonds. The Hall–Kier alpha value is -3.02. The van der Waals surface area contributed by atoms with E-state index in [2.05, 4.69) is 10.3 Å². The largest absolute Gasteiger partial charge is 0.508 e. The molecule has 2 aromatic carbocycles. The zero-order valence-electron chi connectivity index (χ0n) is 10.3. The zero-order chi connectivity index (χ0) is 14.5. The van der Waals surface area contributed by atoms with Crippen molar-refractivity contribution < 1.29 is 20.6 Å². The van der Waals surface area contributed by atoms with Gasteiger partial charge in [0.05, 0.1) is 0 Å². The van der Waals surface area contributed by atoms with Crippen LogP contribution in [0.1, 0.15) is 11.1 Å². The molecule has 6 heteroatoms. The summed E-state index contributed by atoms with van der Waals surface area (Å²) in [6.45, 7) is 0. The second kappa shape index (κ2) is 5.75. The van der Waals surface area contributed by atoms with Crippen molar-refractivity contribution in [3.05, 3.63) is 59.7 Å². The number of hydrogen-bond donors (Lipinski definition) is 4. The number of nitrogens with zero attached hydrogens (tertiary/aromatic N) is 2. The predicted molar refractivity (Wildman–Crippen MR) is 72.9 cm³/mol. The third-order valence-electron chi connectivity index (χ3n) is 2.71. The topological polar surface area (TPSA) is 106 Å². The van der Waals surface area contributed by atoms with Gasteiger partial charge >= 0.3 is 0 Å². The monoisotopic (exact) mass is 272 g/mol. The molecular weight excluding hydrogens is 260 g/mol. The van der Waals surface area contributed by atoms with Gasteiger partial charge in [-0.25, -0.2) is 0 Å². The van der Waals surface area contributed by atoms with Crippen molar-refractivity contribution in [2.45, 2.75) is 0 Å². The van der Waals surface area contributed by atoms with E-state index in [1.807, 2.05) is 0 Å². The third-order valence-corrected chi connectivity index (χ3v) is 2.71. The minimum atomic E-state index is 0.0400. The first-order valence-corrected chi connectivity index (χ1v) is 5.69. The van der Waals surface area contributed by atoms with Gasteiger partial charge in [-0.15, -0.1) is 0 Å². The molecule has 0 spiro atoms. The second-order valence-electron chi connectivity index (χ2n) is 3.99. The van der Waals surface area contributed by atoms with Gasteiger partial charge in [0.15, 0.2) is 0 Å². The highest BCUT2D eigenvalue weighted by Crippen LogP contribution is 2.16. The molecule has 0 unspecified atom stereocenters. The van der Waals surface area contributed by atoms with E-state index in [-0.39, 0.29) is 22.9 Å². The number of aromatic hydroxyl groups is 2. The van der Waals surface area contributed by atoms with E-state index in [1.54, 1.807) is 0 Å². The van der Waals surface area contributed by atoms with Gasteiger partial charge in [0.2, 0.25) is 0 Å². The highest BCUT2D eigenvalue weighted by Gasteiger charge is 2.16. The van der Waals surface area contributed by atoms with Crippen molar-refractivity contribution in [3.63, 3.8) is 0 Å². The van der Waals surface area contributed by atoms with E-state index in [4.69, 9.17) is 10.4 Å². The Morgan fingerprint density at radius 2 is 0.900 bits per heavy atom. The van der Waals surface area contributed by atoms with Crippen molar-refractivity contribution in [1.82, 2.24) is 0 Å². The van der Waals surface area contributed by atoms with Crippen LogP contribution in [0, 0.1) is 0 Å². The summed E-state index contributed by atoms with van der Waals surface area (Å²) in [5.74, 6) is 0.135.